The van der Waals surface area contributed by atoms with Gasteiger partial charge in [-0.1, -0.05) is 0 Å². The molecule has 0 spiro atoms. The van der Waals surface area contributed by atoms with Crippen LogP contribution in [0.2, 0.25) is 0 Å². The first-order valence-corrected chi connectivity index (χ1v) is 4.07. The Kier molecular flexibility index (Phi) is 3.84. The maximum atomic E-state index is 12.3. The molecule has 5 heteroatoms. The van der Waals surface area contributed by atoms with Crippen molar-refractivity contribution in [1.82, 2.24) is 5.43 Å². The van der Waals surface area contributed by atoms with Gasteiger partial charge < -0.3 is 4.74 Å². The summed E-state index contributed by atoms with van der Waals surface area (Å²) in [5, 5.41) is 0. The topological polar surface area (TPSA) is 47.3 Å². The maximum Gasteiger partial charge on any atom is 0.255 e. The van der Waals surface area contributed by atoms with Crippen molar-refractivity contribution in [2.75, 3.05) is 13.2 Å². The number of nitrogens with two attached hydrogens (primary N) is 1. The number of ether oxygens (including phenoxy) is 1. The number of hydrogen-bond donors (Lipinski definition) is 2. The molecule has 2 unspecified atom stereocenters. The van der Waals surface area contributed by atoms with Gasteiger partial charge in [-0.3, -0.25) is 11.3 Å². The molecular formula is C7H14F2N2O. The monoisotopic (exact) mass is 180 g/mol. The Balaban J connectivity index is 2.40. The number of hydrazine groups is 1. The van der Waals surface area contributed by atoms with E-state index in [0.717, 1.165) is 12.8 Å². The minimum atomic E-state index is -2.42. The lowest BCUT2D eigenvalue weighted by Gasteiger charge is -2.28. The van der Waals surface area contributed by atoms with Crippen LogP contribution in [0.1, 0.15) is 12.8 Å². The van der Waals surface area contributed by atoms with Crippen LogP contribution in [0.15, 0.2) is 0 Å². The molecule has 2 atom stereocenters. The largest absolute Gasteiger partial charge is 0.381 e. The highest BCUT2D eigenvalue weighted by molar-refractivity contribution is 4.78. The number of rotatable bonds is 3. The molecule has 72 valence electrons. The Morgan fingerprint density at radius 3 is 2.67 bits per heavy atom. The summed E-state index contributed by atoms with van der Waals surface area (Å²) < 4.78 is 29.7. The van der Waals surface area contributed by atoms with Gasteiger partial charge in [0.25, 0.3) is 6.43 Å². The summed E-state index contributed by atoms with van der Waals surface area (Å²) in [5.74, 6) is 4.87. The van der Waals surface area contributed by atoms with Gasteiger partial charge in [0.1, 0.15) is 0 Å². The van der Waals surface area contributed by atoms with Crippen LogP contribution in [0.3, 0.4) is 0 Å². The molecule has 3 N–H and O–H groups in total. The average molecular weight is 180 g/mol. The third-order valence-electron chi connectivity index (χ3n) is 2.17. The number of alkyl halides is 2. The lowest BCUT2D eigenvalue weighted by molar-refractivity contribution is -0.00534. The standard InChI is InChI=1S/C7H14F2N2O/c8-7(9)6(11-10)5-2-1-3-12-4-5/h5-7,11H,1-4,10H2. The Labute approximate surface area is 70.2 Å². The SMILES string of the molecule is NNC(C(F)F)C1CCCOC1. The van der Waals surface area contributed by atoms with E-state index in [4.69, 9.17) is 10.6 Å². The molecule has 1 heterocycles. The van der Waals surface area contributed by atoms with Crippen LogP contribution >= 0.6 is 0 Å². The normalized spacial score (nSPS) is 27.5. The summed E-state index contributed by atoms with van der Waals surface area (Å²) in [6.07, 6.45) is -0.809. The second-order valence-corrected chi connectivity index (χ2v) is 3.00. The zero-order valence-corrected chi connectivity index (χ0v) is 6.80. The highest BCUT2D eigenvalue weighted by Crippen LogP contribution is 2.20. The molecule has 3 nitrogen and oxygen atoms in total. The van der Waals surface area contributed by atoms with Gasteiger partial charge >= 0.3 is 0 Å². The van der Waals surface area contributed by atoms with Crippen molar-refractivity contribution in [3.8, 4) is 0 Å². The summed E-state index contributed by atoms with van der Waals surface area (Å²) in [7, 11) is 0. The second-order valence-electron chi connectivity index (χ2n) is 3.00. The molecule has 0 aromatic heterocycles. The highest BCUT2D eigenvalue weighted by atomic mass is 19.3. The average Bonchev–Trinajstić information content (AvgIpc) is 2.07. The van der Waals surface area contributed by atoms with Crippen molar-refractivity contribution in [2.45, 2.75) is 25.3 Å². The first-order valence-electron chi connectivity index (χ1n) is 4.07. The van der Waals surface area contributed by atoms with Gasteiger partial charge in [-0.2, -0.15) is 0 Å². The molecule has 1 saturated heterocycles. The van der Waals surface area contributed by atoms with Crippen LogP contribution in [-0.2, 0) is 4.74 Å². The van der Waals surface area contributed by atoms with Crippen molar-refractivity contribution in [3.63, 3.8) is 0 Å². The fourth-order valence-corrected chi connectivity index (χ4v) is 1.46. The summed E-state index contributed by atoms with van der Waals surface area (Å²) in [4.78, 5) is 0. The molecule has 0 radical (unpaired) electrons. The summed E-state index contributed by atoms with van der Waals surface area (Å²) in [6, 6.07) is -0.926. The number of halogens is 2. The first-order chi connectivity index (χ1) is 5.75. The zero-order valence-electron chi connectivity index (χ0n) is 6.80. The number of nitrogens with one attached hydrogen (secondary N) is 1. The first kappa shape index (κ1) is 9.83. The van der Waals surface area contributed by atoms with Crippen molar-refractivity contribution >= 4 is 0 Å². The van der Waals surface area contributed by atoms with Gasteiger partial charge in [-0.25, -0.2) is 8.78 Å². The second kappa shape index (κ2) is 4.69. The van der Waals surface area contributed by atoms with Crippen molar-refractivity contribution in [3.05, 3.63) is 0 Å². The van der Waals surface area contributed by atoms with Gasteiger partial charge in [0.05, 0.1) is 12.6 Å². The lowest BCUT2D eigenvalue weighted by Crippen LogP contribution is -2.48. The van der Waals surface area contributed by atoms with Gasteiger partial charge in [-0.15, -0.1) is 0 Å². The Morgan fingerprint density at radius 1 is 1.50 bits per heavy atom. The highest BCUT2D eigenvalue weighted by Gasteiger charge is 2.30. The van der Waals surface area contributed by atoms with Gasteiger partial charge in [0, 0.05) is 12.5 Å². The van der Waals surface area contributed by atoms with E-state index < -0.39 is 12.5 Å². The molecule has 1 rings (SSSR count). The Morgan fingerprint density at radius 2 is 2.25 bits per heavy atom. The van der Waals surface area contributed by atoms with Gasteiger partial charge in [0.2, 0.25) is 0 Å². The third kappa shape index (κ3) is 2.36. The van der Waals surface area contributed by atoms with E-state index in [1.54, 1.807) is 0 Å². The van der Waals surface area contributed by atoms with Crippen molar-refractivity contribution in [2.24, 2.45) is 11.8 Å². The van der Waals surface area contributed by atoms with Crippen LogP contribution in [-0.4, -0.2) is 25.7 Å². The fraction of sp³-hybridized carbons (Fsp3) is 1.00. The van der Waals surface area contributed by atoms with Gasteiger partial charge in [0.15, 0.2) is 0 Å². The Bertz CT molecular complexity index is 129. The molecule has 0 aromatic carbocycles. The predicted molar refractivity (Wildman–Crippen MR) is 40.7 cm³/mol. The van der Waals surface area contributed by atoms with E-state index in [0.29, 0.717) is 13.2 Å². The molecule has 1 aliphatic rings. The van der Waals surface area contributed by atoms with E-state index in [-0.39, 0.29) is 5.92 Å². The van der Waals surface area contributed by atoms with Crippen molar-refractivity contribution < 1.29 is 13.5 Å². The van der Waals surface area contributed by atoms with E-state index in [1.807, 2.05) is 0 Å². The minimum absolute atomic E-state index is 0.149. The quantitative estimate of drug-likeness (QED) is 0.491. The lowest BCUT2D eigenvalue weighted by atomic mass is 9.94. The van der Waals surface area contributed by atoms with E-state index >= 15 is 0 Å². The maximum absolute atomic E-state index is 12.3. The van der Waals surface area contributed by atoms with Crippen LogP contribution in [0.5, 0.6) is 0 Å². The van der Waals surface area contributed by atoms with Crippen LogP contribution < -0.4 is 11.3 Å². The van der Waals surface area contributed by atoms with Crippen molar-refractivity contribution in [1.29, 1.82) is 0 Å². The zero-order chi connectivity index (χ0) is 8.97. The molecule has 0 bridgehead atoms. The van der Waals surface area contributed by atoms with E-state index in [9.17, 15) is 8.78 Å². The molecule has 1 aliphatic heterocycles. The summed E-state index contributed by atoms with van der Waals surface area (Å²) >= 11 is 0. The summed E-state index contributed by atoms with van der Waals surface area (Å²) in [6.45, 7) is 1.07. The van der Waals surface area contributed by atoms with Gasteiger partial charge in [-0.05, 0) is 12.8 Å². The molecule has 0 aliphatic carbocycles. The molecule has 12 heavy (non-hydrogen) atoms. The molecule has 0 aromatic rings. The third-order valence-corrected chi connectivity index (χ3v) is 2.17. The Hall–Kier alpha value is -0.260. The summed E-state index contributed by atoms with van der Waals surface area (Å²) in [5.41, 5.74) is 2.14. The molecular weight excluding hydrogens is 166 g/mol. The fourth-order valence-electron chi connectivity index (χ4n) is 1.46. The van der Waals surface area contributed by atoms with Crippen LogP contribution in [0.25, 0.3) is 0 Å². The van der Waals surface area contributed by atoms with Crippen LogP contribution in [0.4, 0.5) is 8.78 Å². The number of hydrogen-bond acceptors (Lipinski definition) is 3. The van der Waals surface area contributed by atoms with E-state index in [2.05, 4.69) is 5.43 Å². The predicted octanol–water partition coefficient (Wildman–Crippen LogP) is 0.510. The molecule has 0 amide bonds. The molecule has 0 saturated carbocycles. The van der Waals surface area contributed by atoms with E-state index in [1.165, 1.54) is 0 Å². The van der Waals surface area contributed by atoms with Crippen LogP contribution in [0, 0.1) is 5.92 Å². The smallest absolute Gasteiger partial charge is 0.255 e. The minimum Gasteiger partial charge on any atom is -0.381 e. The molecule has 1 fully saturated rings.